The van der Waals surface area contributed by atoms with E-state index in [-0.39, 0.29) is 29.4 Å². The van der Waals surface area contributed by atoms with Gasteiger partial charge in [0.15, 0.2) is 11.2 Å². The zero-order chi connectivity index (χ0) is 26.7. The van der Waals surface area contributed by atoms with Crippen LogP contribution in [0.15, 0.2) is 42.7 Å². The average molecular weight is 530 g/mol. The van der Waals surface area contributed by atoms with Gasteiger partial charge in [-0.2, -0.15) is 0 Å². The number of urea groups is 1. The van der Waals surface area contributed by atoms with Gasteiger partial charge < -0.3 is 15.7 Å². The van der Waals surface area contributed by atoms with Crippen LogP contribution in [-0.2, 0) is 10.9 Å². The zero-order valence-electron chi connectivity index (χ0n) is 22.3. The summed E-state index contributed by atoms with van der Waals surface area (Å²) in [4.78, 5) is 23.6. The van der Waals surface area contributed by atoms with Gasteiger partial charge in [-0.25, -0.2) is 19.2 Å². The predicted molar refractivity (Wildman–Crippen MR) is 148 cm³/mol. The molecule has 2 aromatic rings. The first-order chi connectivity index (χ1) is 17.5. The fourth-order valence-electron chi connectivity index (χ4n) is 5.70. The zero-order valence-corrected chi connectivity index (χ0v) is 23.4. The third-order valence-corrected chi connectivity index (χ3v) is 8.96. The van der Waals surface area contributed by atoms with E-state index in [9.17, 15) is 14.3 Å². The number of nitrogens with zero attached hydrogens (tertiary/aromatic N) is 3. The number of aromatic nitrogens is 2. The van der Waals surface area contributed by atoms with Crippen LogP contribution in [0.3, 0.4) is 0 Å². The first-order valence-electron chi connectivity index (χ1n) is 13.4. The molecular formula is C28H41FN5O2P. The molecule has 7 nitrogen and oxygen atoms in total. The molecule has 0 spiro atoms. The Balaban J connectivity index is 1.56. The molecule has 2 atom stereocenters. The van der Waals surface area contributed by atoms with E-state index in [1.807, 2.05) is 13.1 Å². The smallest absolute Gasteiger partial charge is 0.322 e. The van der Waals surface area contributed by atoms with Crippen molar-refractivity contribution in [1.29, 1.82) is 0 Å². The summed E-state index contributed by atoms with van der Waals surface area (Å²) in [6.07, 6.45) is 10.1. The van der Waals surface area contributed by atoms with Gasteiger partial charge in [0.1, 0.15) is 0 Å². The van der Waals surface area contributed by atoms with Gasteiger partial charge in [0.2, 0.25) is 0 Å². The fourth-order valence-corrected chi connectivity index (χ4v) is 5.85. The minimum absolute atomic E-state index is 0.0509. The molecule has 9 heteroatoms. The van der Waals surface area contributed by atoms with Crippen LogP contribution in [-0.4, -0.2) is 46.8 Å². The van der Waals surface area contributed by atoms with Crippen LogP contribution in [0.4, 0.5) is 14.9 Å². The number of alkyl halides is 1. The van der Waals surface area contributed by atoms with Gasteiger partial charge in [-0.05, 0) is 76.3 Å². The summed E-state index contributed by atoms with van der Waals surface area (Å²) in [6, 6.07) is 10.3. The van der Waals surface area contributed by atoms with Gasteiger partial charge >= 0.3 is 6.03 Å². The maximum atomic E-state index is 14.4. The number of carbonyl (C=O) groups excluding carboxylic acids is 1. The maximum Gasteiger partial charge on any atom is 0.322 e. The molecule has 1 heterocycles. The molecule has 202 valence electrons. The Morgan fingerprint density at radius 1 is 1.14 bits per heavy atom. The molecule has 4 rings (SSSR count). The van der Waals surface area contributed by atoms with Crippen LogP contribution in [0.25, 0.3) is 0 Å². The largest absolute Gasteiger partial charge is 0.388 e. The summed E-state index contributed by atoms with van der Waals surface area (Å²) in [5.41, 5.74) is 0.814. The van der Waals surface area contributed by atoms with Crippen molar-refractivity contribution in [3.8, 4) is 0 Å². The number of anilines is 1. The van der Waals surface area contributed by atoms with E-state index in [1.54, 1.807) is 4.90 Å². The van der Waals surface area contributed by atoms with Crippen LogP contribution in [0.5, 0.6) is 0 Å². The molecule has 37 heavy (non-hydrogen) atoms. The number of carbonyl (C=O) groups is 1. The molecule has 2 saturated carbocycles. The van der Waals surface area contributed by atoms with Crippen molar-refractivity contribution in [2.45, 2.75) is 81.8 Å². The Morgan fingerprint density at radius 2 is 1.76 bits per heavy atom. The van der Waals surface area contributed by atoms with Crippen LogP contribution in [0.2, 0.25) is 0 Å². The number of hydrogen-bond acceptors (Lipinski definition) is 5. The van der Waals surface area contributed by atoms with Crippen molar-refractivity contribution in [2.24, 2.45) is 5.41 Å². The second-order valence-electron chi connectivity index (χ2n) is 11.2. The number of amides is 2. The van der Waals surface area contributed by atoms with E-state index in [0.717, 1.165) is 38.5 Å². The highest BCUT2D eigenvalue weighted by Gasteiger charge is 2.44. The molecule has 2 amide bonds. The summed E-state index contributed by atoms with van der Waals surface area (Å²) >= 11 is 0. The van der Waals surface area contributed by atoms with Gasteiger partial charge in [-0.15, -0.1) is 0 Å². The Morgan fingerprint density at radius 3 is 2.24 bits per heavy atom. The van der Waals surface area contributed by atoms with Crippen molar-refractivity contribution in [3.63, 3.8) is 0 Å². The minimum Gasteiger partial charge on any atom is -0.388 e. The van der Waals surface area contributed by atoms with Gasteiger partial charge in [0, 0.05) is 18.6 Å². The predicted octanol–water partition coefficient (Wildman–Crippen LogP) is 5.01. The number of aliphatic hydroxyl groups is 1. The maximum absolute atomic E-state index is 14.4. The molecule has 0 radical (unpaired) electrons. The second kappa shape index (κ2) is 10.9. The van der Waals surface area contributed by atoms with Crippen LogP contribution < -0.4 is 15.5 Å². The van der Waals surface area contributed by atoms with Crippen molar-refractivity contribution in [2.75, 3.05) is 25.0 Å². The summed E-state index contributed by atoms with van der Waals surface area (Å²) in [6.45, 7) is 4.28. The molecular weight excluding hydrogens is 488 g/mol. The number of benzene rings is 1. The molecule has 0 aliphatic heterocycles. The third-order valence-electron chi connectivity index (χ3n) is 8.70. The number of nitrogens with one attached hydrogen (secondary N) is 2. The molecule has 1 aromatic heterocycles. The first-order valence-corrected chi connectivity index (χ1v) is 13.9. The molecule has 0 saturated heterocycles. The molecule has 0 bridgehead atoms. The Labute approximate surface area is 222 Å². The quantitative estimate of drug-likeness (QED) is 0.398. The van der Waals surface area contributed by atoms with Crippen molar-refractivity contribution in [1.82, 2.24) is 20.6 Å². The summed E-state index contributed by atoms with van der Waals surface area (Å²) < 4.78 is 14.4. The lowest BCUT2D eigenvalue weighted by Gasteiger charge is -2.48. The lowest BCUT2D eigenvalue weighted by molar-refractivity contribution is -0.0289. The molecule has 2 unspecified atom stereocenters. The van der Waals surface area contributed by atoms with E-state index in [0.29, 0.717) is 25.1 Å². The molecule has 2 fully saturated rings. The van der Waals surface area contributed by atoms with E-state index in [4.69, 9.17) is 0 Å². The SMILES string of the molecule is CC[C@]1(CN(C(=O)NCC2(O)CCC2)c2cnc(C(C)(F)P)nc2)CC[C@@](NC)(c2ccccc2)CC1. The van der Waals surface area contributed by atoms with Crippen LogP contribution in [0.1, 0.15) is 76.6 Å². The number of hydrogen-bond donors (Lipinski definition) is 3. The van der Waals surface area contributed by atoms with E-state index < -0.39 is 11.0 Å². The number of rotatable bonds is 9. The first kappa shape index (κ1) is 27.9. The summed E-state index contributed by atoms with van der Waals surface area (Å²) in [5, 5.41) is 15.3. The highest BCUT2D eigenvalue weighted by Crippen LogP contribution is 2.48. The van der Waals surface area contributed by atoms with Crippen LogP contribution >= 0.6 is 9.24 Å². The van der Waals surface area contributed by atoms with Gasteiger partial charge in [0.25, 0.3) is 0 Å². The van der Waals surface area contributed by atoms with Crippen molar-refractivity contribution < 1.29 is 14.3 Å². The average Bonchev–Trinajstić information content (AvgIpc) is 2.90. The second-order valence-corrected chi connectivity index (χ2v) is 12.3. The summed E-state index contributed by atoms with van der Waals surface area (Å²) in [7, 11) is 4.13. The van der Waals surface area contributed by atoms with E-state index >= 15 is 0 Å². The van der Waals surface area contributed by atoms with Gasteiger partial charge in [-0.1, -0.05) is 46.5 Å². The highest BCUT2D eigenvalue weighted by molar-refractivity contribution is 7.18. The number of halogens is 1. The summed E-state index contributed by atoms with van der Waals surface area (Å²) in [5.74, 6) is 0.0509. The normalized spacial score (nSPS) is 26.5. The van der Waals surface area contributed by atoms with E-state index in [1.165, 1.54) is 24.9 Å². The fraction of sp³-hybridized carbons (Fsp3) is 0.607. The Bertz CT molecular complexity index is 1050. The van der Waals surface area contributed by atoms with Gasteiger partial charge in [0.05, 0.1) is 23.7 Å². The lowest BCUT2D eigenvalue weighted by atomic mass is 9.64. The van der Waals surface area contributed by atoms with E-state index in [2.05, 4.69) is 61.0 Å². The third kappa shape index (κ3) is 6.13. The Hall–Kier alpha value is -2.15. The van der Waals surface area contributed by atoms with Crippen molar-refractivity contribution in [3.05, 3.63) is 54.1 Å². The van der Waals surface area contributed by atoms with Crippen molar-refractivity contribution >= 4 is 21.0 Å². The highest BCUT2D eigenvalue weighted by atomic mass is 31.0. The van der Waals surface area contributed by atoms with Gasteiger partial charge in [-0.3, -0.25) is 4.90 Å². The lowest BCUT2D eigenvalue weighted by Crippen LogP contribution is -2.54. The molecule has 2 aliphatic carbocycles. The molecule has 2 aliphatic rings. The minimum atomic E-state index is -1.75. The molecule has 1 aromatic carbocycles. The van der Waals surface area contributed by atoms with Crippen LogP contribution in [0, 0.1) is 5.41 Å². The Kier molecular flexibility index (Phi) is 8.22. The topological polar surface area (TPSA) is 90.4 Å². The monoisotopic (exact) mass is 529 g/mol. The molecule has 3 N–H and O–H groups in total. The standard InChI is InChI=1S/C28H41FN5O2P/c1-4-26(13-15-28(30-3,16-14-26)21-9-6-5-7-10-21)20-34(24(35)33-19-27(36)11-8-12-27)22-17-31-23(32-18-22)25(2,29)37/h5-7,9-10,17-18,30,36H,4,8,11-16,19-20,37H2,1-3H3,(H,33,35)/t25?,26-,28-.